The molecule has 1 rings (SSSR count). The Kier molecular flexibility index (Phi) is 5.14. The predicted octanol–water partition coefficient (Wildman–Crippen LogP) is 1.39. The van der Waals surface area contributed by atoms with Crippen molar-refractivity contribution in [3.05, 3.63) is 5.82 Å². The third-order valence-corrected chi connectivity index (χ3v) is 2.99. The van der Waals surface area contributed by atoms with Gasteiger partial charge in [-0.05, 0) is 12.3 Å². The number of nitrogens with zero attached hydrogens (tertiary/aromatic N) is 2. The summed E-state index contributed by atoms with van der Waals surface area (Å²) in [5, 5.41) is 13.5. The van der Waals surface area contributed by atoms with E-state index in [1.807, 2.05) is 0 Å². The number of nitrogens with one attached hydrogen (secondary N) is 2. The maximum Gasteiger partial charge on any atom is 0.327 e. The Balaban J connectivity index is 2.45. The highest BCUT2D eigenvalue weighted by atomic mass is 32.1. The van der Waals surface area contributed by atoms with Crippen LogP contribution in [0.4, 0.5) is 9.93 Å². The molecule has 0 bridgehead atoms. The lowest BCUT2D eigenvalue weighted by atomic mass is 9.85. The van der Waals surface area contributed by atoms with Gasteiger partial charge in [-0.15, -0.1) is 0 Å². The van der Waals surface area contributed by atoms with Crippen LogP contribution in [-0.4, -0.2) is 32.4 Å². The molecule has 8 nitrogen and oxygen atoms in total. The topological polar surface area (TPSA) is 121 Å². The van der Waals surface area contributed by atoms with Crippen molar-refractivity contribution < 1.29 is 19.5 Å². The van der Waals surface area contributed by atoms with Crippen molar-refractivity contribution in [2.75, 3.05) is 5.32 Å². The Morgan fingerprint density at radius 2 is 1.95 bits per heavy atom. The summed E-state index contributed by atoms with van der Waals surface area (Å²) in [5.74, 6) is -1.01. The Labute approximate surface area is 119 Å². The first-order valence-corrected chi connectivity index (χ1v) is 6.58. The van der Waals surface area contributed by atoms with Gasteiger partial charge in [0.1, 0.15) is 5.82 Å². The predicted molar refractivity (Wildman–Crippen MR) is 72.5 cm³/mol. The van der Waals surface area contributed by atoms with Crippen molar-refractivity contribution in [3.63, 3.8) is 0 Å². The monoisotopic (exact) mass is 300 g/mol. The highest BCUT2D eigenvalue weighted by molar-refractivity contribution is 7.09. The third-order valence-electron chi connectivity index (χ3n) is 2.27. The molecule has 0 spiro atoms. The van der Waals surface area contributed by atoms with Crippen molar-refractivity contribution >= 4 is 34.6 Å². The third kappa shape index (κ3) is 5.74. The minimum atomic E-state index is -0.989. The van der Waals surface area contributed by atoms with Crippen LogP contribution in [0.5, 0.6) is 0 Å². The van der Waals surface area contributed by atoms with Crippen molar-refractivity contribution in [1.82, 2.24) is 14.7 Å². The summed E-state index contributed by atoms with van der Waals surface area (Å²) in [5.41, 5.74) is -0.727. The number of hydrogen-bond donors (Lipinski definition) is 3. The van der Waals surface area contributed by atoms with Gasteiger partial charge in [0.25, 0.3) is 0 Å². The summed E-state index contributed by atoms with van der Waals surface area (Å²) in [6.07, 6.45) is -0.223. The molecule has 1 aromatic heterocycles. The minimum Gasteiger partial charge on any atom is -0.481 e. The molecule has 0 fully saturated rings. The molecule has 1 heterocycles. The number of carbonyl (C=O) groups is 3. The summed E-state index contributed by atoms with van der Waals surface area (Å²) < 4.78 is 3.88. The molecule has 3 amide bonds. The molecule has 0 unspecified atom stereocenters. The lowest BCUT2D eigenvalue weighted by Gasteiger charge is -2.21. The second-order valence-electron chi connectivity index (χ2n) is 5.06. The maximum absolute atomic E-state index is 11.6. The first-order valence-electron chi connectivity index (χ1n) is 5.81. The second kappa shape index (κ2) is 6.42. The van der Waals surface area contributed by atoms with Crippen molar-refractivity contribution in [2.45, 2.75) is 33.6 Å². The summed E-state index contributed by atoms with van der Waals surface area (Å²) in [7, 11) is 0. The van der Waals surface area contributed by atoms with Crippen LogP contribution in [0.2, 0.25) is 0 Å². The number of carboxylic acid groups (broad SMARTS) is 1. The molecule has 0 saturated heterocycles. The first kappa shape index (κ1) is 16.0. The van der Waals surface area contributed by atoms with E-state index >= 15 is 0 Å². The number of hydrogen-bond acceptors (Lipinski definition) is 6. The number of rotatable bonds is 5. The number of aliphatic carboxylic acids is 1. The molecule has 0 aliphatic carbocycles. The molecule has 0 aromatic carbocycles. The van der Waals surface area contributed by atoms with Crippen LogP contribution in [0.1, 0.15) is 32.5 Å². The normalized spacial score (nSPS) is 10.9. The smallest absolute Gasteiger partial charge is 0.327 e. The van der Waals surface area contributed by atoms with Crippen LogP contribution in [0.25, 0.3) is 0 Å². The number of carboxylic acids is 1. The Morgan fingerprint density at radius 3 is 2.45 bits per heavy atom. The van der Waals surface area contributed by atoms with Gasteiger partial charge in [0.05, 0.1) is 6.42 Å². The van der Waals surface area contributed by atoms with Gasteiger partial charge < -0.3 is 5.11 Å². The van der Waals surface area contributed by atoms with Gasteiger partial charge in [-0.3, -0.25) is 20.2 Å². The molecule has 0 saturated carbocycles. The lowest BCUT2D eigenvalue weighted by Crippen LogP contribution is -2.37. The molecule has 110 valence electrons. The Morgan fingerprint density at radius 1 is 1.30 bits per heavy atom. The fourth-order valence-corrected chi connectivity index (χ4v) is 2.12. The quantitative estimate of drug-likeness (QED) is 0.755. The summed E-state index contributed by atoms with van der Waals surface area (Å²) in [6.45, 7) is 4.97. The average Bonchev–Trinajstić information content (AvgIpc) is 2.59. The summed E-state index contributed by atoms with van der Waals surface area (Å²) >= 11 is 1.00. The highest BCUT2D eigenvalue weighted by Crippen LogP contribution is 2.24. The molecule has 0 aliphatic heterocycles. The fourth-order valence-electron chi connectivity index (χ4n) is 1.55. The number of carbonyl (C=O) groups excluding carboxylic acids is 2. The molecule has 1 aromatic rings. The van der Waals surface area contributed by atoms with Crippen LogP contribution in [0.15, 0.2) is 0 Å². The van der Waals surface area contributed by atoms with E-state index in [2.05, 4.69) is 20.0 Å². The molecular weight excluding hydrogens is 284 g/mol. The van der Waals surface area contributed by atoms with E-state index in [0.29, 0.717) is 5.82 Å². The van der Waals surface area contributed by atoms with Crippen LogP contribution in [0, 0.1) is 12.3 Å². The van der Waals surface area contributed by atoms with Gasteiger partial charge in [0.2, 0.25) is 11.0 Å². The van der Waals surface area contributed by atoms with Crippen molar-refractivity contribution in [1.29, 1.82) is 0 Å². The SMILES string of the molecule is Cc1nsc(NC(=O)NC(=O)CC(C)(C)CC(=O)O)n1. The van der Waals surface area contributed by atoms with E-state index in [1.165, 1.54) is 0 Å². The standard InChI is InChI=1S/C11H16N4O4S/c1-6-12-10(20-15-6)14-9(19)13-7(16)4-11(2,3)5-8(17)18/h4-5H2,1-3H3,(H,17,18)(H2,12,13,14,15,16,19). The van der Waals surface area contributed by atoms with Gasteiger partial charge >= 0.3 is 12.0 Å². The van der Waals surface area contributed by atoms with Gasteiger partial charge in [-0.2, -0.15) is 4.37 Å². The molecule has 0 atom stereocenters. The fraction of sp³-hybridized carbons (Fsp3) is 0.545. The van der Waals surface area contributed by atoms with E-state index in [9.17, 15) is 14.4 Å². The first-order chi connectivity index (χ1) is 9.18. The molecule has 3 N–H and O–H groups in total. The van der Waals surface area contributed by atoms with Gasteiger partial charge in [-0.25, -0.2) is 9.78 Å². The van der Waals surface area contributed by atoms with Crippen LogP contribution < -0.4 is 10.6 Å². The zero-order chi connectivity index (χ0) is 15.3. The van der Waals surface area contributed by atoms with E-state index < -0.39 is 23.3 Å². The maximum atomic E-state index is 11.6. The van der Waals surface area contributed by atoms with E-state index in [1.54, 1.807) is 20.8 Å². The molecule has 9 heteroatoms. The molecular formula is C11H16N4O4S. The number of aryl methyl sites for hydroxylation is 1. The number of imide groups is 1. The largest absolute Gasteiger partial charge is 0.481 e. The van der Waals surface area contributed by atoms with Gasteiger partial charge in [0, 0.05) is 18.0 Å². The van der Waals surface area contributed by atoms with Crippen molar-refractivity contribution in [3.8, 4) is 0 Å². The number of amides is 3. The van der Waals surface area contributed by atoms with E-state index in [0.717, 1.165) is 11.5 Å². The number of aromatic nitrogens is 2. The summed E-state index contributed by atoms with van der Waals surface area (Å²) in [4.78, 5) is 37.7. The molecule has 20 heavy (non-hydrogen) atoms. The van der Waals surface area contributed by atoms with Crippen LogP contribution in [0.3, 0.4) is 0 Å². The van der Waals surface area contributed by atoms with E-state index in [4.69, 9.17) is 5.11 Å². The van der Waals surface area contributed by atoms with Crippen LogP contribution >= 0.6 is 11.5 Å². The highest BCUT2D eigenvalue weighted by Gasteiger charge is 2.26. The number of anilines is 1. The minimum absolute atomic E-state index is 0.0676. The Hall–Kier alpha value is -2.03. The van der Waals surface area contributed by atoms with Gasteiger partial charge in [0.15, 0.2) is 0 Å². The molecule has 0 aliphatic rings. The average molecular weight is 300 g/mol. The second-order valence-corrected chi connectivity index (χ2v) is 5.81. The summed E-state index contributed by atoms with van der Waals surface area (Å²) in [6, 6.07) is -0.711. The lowest BCUT2D eigenvalue weighted by molar-refractivity contribution is -0.139. The zero-order valence-corrected chi connectivity index (χ0v) is 12.2. The van der Waals surface area contributed by atoms with E-state index in [-0.39, 0.29) is 18.0 Å². The number of urea groups is 1. The van der Waals surface area contributed by atoms with Gasteiger partial charge in [-0.1, -0.05) is 13.8 Å². The van der Waals surface area contributed by atoms with Crippen LogP contribution in [-0.2, 0) is 9.59 Å². The molecule has 0 radical (unpaired) electrons. The van der Waals surface area contributed by atoms with Crippen molar-refractivity contribution in [2.24, 2.45) is 5.41 Å². The Bertz CT molecular complexity index is 526. The zero-order valence-electron chi connectivity index (χ0n) is 11.4.